The van der Waals surface area contributed by atoms with Crippen molar-refractivity contribution in [1.29, 1.82) is 0 Å². The summed E-state index contributed by atoms with van der Waals surface area (Å²) in [7, 11) is 0. The van der Waals surface area contributed by atoms with Gasteiger partial charge in [0.2, 0.25) is 5.91 Å². The third-order valence-corrected chi connectivity index (χ3v) is 2.66. The Morgan fingerprint density at radius 2 is 2.17 bits per heavy atom. The molecule has 0 radical (unpaired) electrons. The molecule has 1 amide bonds. The Labute approximate surface area is 105 Å². The Morgan fingerprint density at radius 1 is 1.56 bits per heavy atom. The van der Waals surface area contributed by atoms with Gasteiger partial charge < -0.3 is 15.8 Å². The molecule has 0 aliphatic rings. The first-order chi connectivity index (χ1) is 8.52. The third-order valence-electron chi connectivity index (χ3n) is 2.66. The van der Waals surface area contributed by atoms with Crippen molar-refractivity contribution >= 4 is 17.4 Å². The summed E-state index contributed by atoms with van der Waals surface area (Å²) in [4.78, 5) is 13.4. The van der Waals surface area contributed by atoms with E-state index in [4.69, 9.17) is 10.9 Å². The summed E-state index contributed by atoms with van der Waals surface area (Å²) in [6.07, 6.45) is 0. The number of hydrogen-bond donors (Lipinski definition) is 2. The topological polar surface area (TPSA) is 78.9 Å². The molecule has 98 valence electrons. The largest absolute Gasteiger partial charge is 0.409 e. The molecule has 3 N–H and O–H groups in total. The van der Waals surface area contributed by atoms with E-state index in [-0.39, 0.29) is 11.5 Å². The number of nitrogens with two attached hydrogens (primary N) is 1. The number of rotatable bonds is 4. The first kappa shape index (κ1) is 14.0. The predicted octanol–water partition coefficient (Wildman–Crippen LogP) is 1.56. The van der Waals surface area contributed by atoms with Crippen LogP contribution in [0.15, 0.2) is 29.4 Å². The van der Waals surface area contributed by atoms with E-state index in [1.807, 2.05) is 0 Å². The van der Waals surface area contributed by atoms with Crippen molar-refractivity contribution in [3.05, 3.63) is 30.1 Å². The molecular weight excluding hydrogens is 237 g/mol. The number of para-hydroxylation sites is 1. The summed E-state index contributed by atoms with van der Waals surface area (Å²) in [5, 5.41) is 11.3. The number of hydrogen-bond acceptors (Lipinski definition) is 3. The maximum absolute atomic E-state index is 13.6. The number of carbonyl (C=O) groups excluding carboxylic acids is 1. The summed E-state index contributed by atoms with van der Waals surface area (Å²) in [5.74, 6) is -1.92. The highest BCUT2D eigenvalue weighted by Gasteiger charge is 2.25. The fraction of sp³-hybridized carbons (Fsp3) is 0.333. The van der Waals surface area contributed by atoms with Crippen LogP contribution in [-0.4, -0.2) is 23.5 Å². The SMILES string of the molecule is CCN(C(=O)C(C)C(N)=NO)c1ccccc1F. The van der Waals surface area contributed by atoms with Crippen LogP contribution in [0.1, 0.15) is 13.8 Å². The molecule has 1 aromatic carbocycles. The summed E-state index contributed by atoms with van der Waals surface area (Å²) < 4.78 is 13.6. The zero-order chi connectivity index (χ0) is 13.7. The van der Waals surface area contributed by atoms with Gasteiger partial charge in [-0.2, -0.15) is 0 Å². The van der Waals surface area contributed by atoms with Gasteiger partial charge >= 0.3 is 0 Å². The molecule has 5 nitrogen and oxygen atoms in total. The van der Waals surface area contributed by atoms with Gasteiger partial charge in [-0.05, 0) is 26.0 Å². The van der Waals surface area contributed by atoms with Crippen LogP contribution >= 0.6 is 0 Å². The lowest BCUT2D eigenvalue weighted by Gasteiger charge is -2.24. The Morgan fingerprint density at radius 3 is 2.67 bits per heavy atom. The second-order valence-corrected chi connectivity index (χ2v) is 3.78. The highest BCUT2D eigenvalue weighted by atomic mass is 19.1. The van der Waals surface area contributed by atoms with E-state index in [2.05, 4.69) is 5.16 Å². The maximum atomic E-state index is 13.6. The van der Waals surface area contributed by atoms with Gasteiger partial charge in [0.05, 0.1) is 11.6 Å². The molecule has 0 heterocycles. The normalized spacial score (nSPS) is 13.2. The lowest BCUT2D eigenvalue weighted by atomic mass is 10.1. The molecule has 0 fully saturated rings. The highest BCUT2D eigenvalue weighted by Crippen LogP contribution is 2.20. The van der Waals surface area contributed by atoms with Gasteiger partial charge in [-0.1, -0.05) is 17.3 Å². The number of amides is 1. The van der Waals surface area contributed by atoms with Crippen molar-refractivity contribution in [3.8, 4) is 0 Å². The average molecular weight is 253 g/mol. The summed E-state index contributed by atoms with van der Waals surface area (Å²) in [5.41, 5.74) is 5.57. The van der Waals surface area contributed by atoms with E-state index in [1.54, 1.807) is 19.1 Å². The van der Waals surface area contributed by atoms with Crippen molar-refractivity contribution < 1.29 is 14.4 Å². The molecule has 1 unspecified atom stereocenters. The van der Waals surface area contributed by atoms with Gasteiger partial charge in [-0.15, -0.1) is 0 Å². The van der Waals surface area contributed by atoms with E-state index in [1.165, 1.54) is 24.0 Å². The number of halogens is 1. The van der Waals surface area contributed by atoms with Crippen LogP contribution in [0, 0.1) is 11.7 Å². The molecule has 0 saturated heterocycles. The zero-order valence-corrected chi connectivity index (χ0v) is 10.3. The van der Waals surface area contributed by atoms with E-state index in [0.29, 0.717) is 6.54 Å². The molecule has 0 aliphatic carbocycles. The second kappa shape index (κ2) is 6.00. The van der Waals surface area contributed by atoms with Crippen LogP contribution in [0.5, 0.6) is 0 Å². The number of nitrogens with zero attached hydrogens (tertiary/aromatic N) is 2. The molecule has 18 heavy (non-hydrogen) atoms. The van der Waals surface area contributed by atoms with Crippen molar-refractivity contribution in [2.75, 3.05) is 11.4 Å². The summed E-state index contributed by atoms with van der Waals surface area (Å²) in [6.45, 7) is 3.52. The van der Waals surface area contributed by atoms with Crippen molar-refractivity contribution in [3.63, 3.8) is 0 Å². The molecule has 0 bridgehead atoms. The number of amidine groups is 1. The Balaban J connectivity index is 3.05. The third kappa shape index (κ3) is 2.77. The molecule has 1 aromatic rings. The van der Waals surface area contributed by atoms with Gasteiger partial charge in [-0.25, -0.2) is 4.39 Å². The first-order valence-corrected chi connectivity index (χ1v) is 5.56. The van der Waals surface area contributed by atoms with Gasteiger partial charge in [-0.3, -0.25) is 4.79 Å². The Hall–Kier alpha value is -2.11. The summed E-state index contributed by atoms with van der Waals surface area (Å²) in [6, 6.07) is 5.97. The number of anilines is 1. The van der Waals surface area contributed by atoms with E-state index < -0.39 is 17.6 Å². The second-order valence-electron chi connectivity index (χ2n) is 3.78. The maximum Gasteiger partial charge on any atom is 0.237 e. The van der Waals surface area contributed by atoms with Crippen molar-refractivity contribution in [2.24, 2.45) is 16.8 Å². The Bertz CT molecular complexity index is 462. The number of carbonyl (C=O) groups is 1. The molecule has 1 rings (SSSR count). The minimum atomic E-state index is -0.811. The van der Waals surface area contributed by atoms with E-state index in [0.717, 1.165) is 0 Å². The zero-order valence-electron chi connectivity index (χ0n) is 10.3. The van der Waals surface area contributed by atoms with Crippen LogP contribution in [0.4, 0.5) is 10.1 Å². The lowest BCUT2D eigenvalue weighted by Crippen LogP contribution is -2.41. The molecular formula is C12H16FN3O2. The van der Waals surface area contributed by atoms with Crippen LogP contribution < -0.4 is 10.6 Å². The minimum absolute atomic E-state index is 0.183. The molecule has 0 saturated carbocycles. The standard InChI is InChI=1S/C12H16FN3O2/c1-3-16(10-7-5-4-6-9(10)13)12(17)8(2)11(14)15-18/h4-8,18H,3H2,1-2H3,(H2,14,15). The smallest absolute Gasteiger partial charge is 0.237 e. The molecule has 0 spiro atoms. The van der Waals surface area contributed by atoms with Gasteiger partial charge in [0.15, 0.2) is 5.84 Å². The number of oxime groups is 1. The lowest BCUT2D eigenvalue weighted by molar-refractivity contribution is -0.120. The van der Waals surface area contributed by atoms with Gasteiger partial charge in [0.1, 0.15) is 5.82 Å². The molecule has 0 aromatic heterocycles. The number of benzene rings is 1. The molecule has 6 heteroatoms. The van der Waals surface area contributed by atoms with Crippen molar-refractivity contribution in [2.45, 2.75) is 13.8 Å². The Kier molecular flexibility index (Phi) is 4.65. The first-order valence-electron chi connectivity index (χ1n) is 5.56. The minimum Gasteiger partial charge on any atom is -0.409 e. The van der Waals surface area contributed by atoms with Crippen LogP contribution in [0.3, 0.4) is 0 Å². The fourth-order valence-corrected chi connectivity index (χ4v) is 1.56. The highest BCUT2D eigenvalue weighted by molar-refractivity contribution is 6.08. The quantitative estimate of drug-likeness (QED) is 0.370. The molecule has 0 aliphatic heterocycles. The van der Waals surface area contributed by atoms with Crippen LogP contribution in [0.2, 0.25) is 0 Å². The van der Waals surface area contributed by atoms with Crippen molar-refractivity contribution in [1.82, 2.24) is 0 Å². The van der Waals surface area contributed by atoms with E-state index in [9.17, 15) is 9.18 Å². The van der Waals surface area contributed by atoms with Gasteiger partial charge in [0, 0.05) is 6.54 Å². The summed E-state index contributed by atoms with van der Waals surface area (Å²) >= 11 is 0. The predicted molar refractivity (Wildman–Crippen MR) is 67.0 cm³/mol. The molecule has 1 atom stereocenters. The van der Waals surface area contributed by atoms with Crippen LogP contribution in [-0.2, 0) is 4.79 Å². The fourth-order valence-electron chi connectivity index (χ4n) is 1.56. The van der Waals surface area contributed by atoms with Crippen LogP contribution in [0.25, 0.3) is 0 Å². The van der Waals surface area contributed by atoms with E-state index >= 15 is 0 Å². The van der Waals surface area contributed by atoms with Gasteiger partial charge in [0.25, 0.3) is 0 Å². The average Bonchev–Trinajstić information content (AvgIpc) is 2.39. The monoisotopic (exact) mass is 253 g/mol.